The molecular weight excluding hydrogens is 564 g/mol. The summed E-state index contributed by atoms with van der Waals surface area (Å²) >= 11 is 0. The van der Waals surface area contributed by atoms with Gasteiger partial charge in [-0.3, -0.25) is 4.79 Å². The molecule has 0 aliphatic heterocycles. The van der Waals surface area contributed by atoms with E-state index in [0.717, 1.165) is 31.1 Å². The van der Waals surface area contributed by atoms with Crippen LogP contribution in [0, 0.1) is 5.92 Å². The van der Waals surface area contributed by atoms with Gasteiger partial charge < -0.3 is 29.6 Å². The summed E-state index contributed by atoms with van der Waals surface area (Å²) in [7, 11) is 0. The Bertz CT molecular complexity index is 822. The molecule has 0 spiro atoms. The molecule has 1 rings (SSSR count). The van der Waals surface area contributed by atoms with Crippen LogP contribution in [-0.4, -0.2) is 35.6 Å². The third-order valence-corrected chi connectivity index (χ3v) is 6.50. The summed E-state index contributed by atoms with van der Waals surface area (Å²) in [5.41, 5.74) is -0.727. The molecule has 1 N–H and O–H groups in total. The molecule has 40 heavy (non-hydrogen) atoms. The first-order valence-corrected chi connectivity index (χ1v) is 14.3. The fourth-order valence-electron chi connectivity index (χ4n) is 4.18. The molecule has 0 aliphatic carbocycles. The van der Waals surface area contributed by atoms with E-state index < -0.39 is 29.8 Å². The zero-order valence-corrected chi connectivity index (χ0v) is 24.7. The van der Waals surface area contributed by atoms with Gasteiger partial charge >= 0.3 is 29.0 Å². The Hall–Kier alpha value is -2.64. The van der Waals surface area contributed by atoms with Crippen molar-refractivity contribution in [2.75, 3.05) is 6.61 Å². The van der Waals surface area contributed by atoms with Crippen molar-refractivity contribution in [3.05, 3.63) is 48.0 Å². The number of aromatic carboxylic acids is 2. The maximum absolute atomic E-state index is 11.2. The predicted octanol–water partition coefficient (Wildman–Crippen LogP) is 5.09. The first kappa shape index (κ1) is 39.5. The number of esters is 1. The van der Waals surface area contributed by atoms with Crippen molar-refractivity contribution in [1.82, 2.24) is 0 Å². The maximum atomic E-state index is 11.2. The van der Waals surface area contributed by atoms with Gasteiger partial charge in [0.25, 0.3) is 0 Å². The minimum absolute atomic E-state index is 0. The molecule has 0 fully saturated rings. The molecular formula is C31H46CuO8. The fraction of sp³-hybridized carbons (Fsp3) is 0.613. The van der Waals surface area contributed by atoms with E-state index in [1.165, 1.54) is 89.2 Å². The van der Waals surface area contributed by atoms with E-state index in [2.05, 4.69) is 13.5 Å². The minimum atomic E-state index is -1.52. The number of carbonyl (C=O) groups excluding carboxylic acids is 3. The SMILES string of the molecule is C=CC(=O)OCCC(CCCCCCCCCCCCCCCC)C(=O)O.O=C([O-])c1ccccc1C(=O)[O-].[Cu+2]. The number of carboxylic acid groups (broad SMARTS) is 3. The molecule has 0 amide bonds. The monoisotopic (exact) mass is 609 g/mol. The van der Waals surface area contributed by atoms with Crippen molar-refractivity contribution in [3.8, 4) is 0 Å². The van der Waals surface area contributed by atoms with Crippen molar-refractivity contribution in [2.45, 2.75) is 110 Å². The van der Waals surface area contributed by atoms with Crippen LogP contribution < -0.4 is 10.2 Å². The molecule has 1 atom stereocenters. The van der Waals surface area contributed by atoms with Gasteiger partial charge in [-0.25, -0.2) is 4.79 Å². The quantitative estimate of drug-likeness (QED) is 0.0828. The summed E-state index contributed by atoms with van der Waals surface area (Å²) in [5, 5.41) is 29.9. The molecule has 1 radical (unpaired) electrons. The summed E-state index contributed by atoms with van der Waals surface area (Å²) in [6.45, 7) is 5.73. The third-order valence-electron chi connectivity index (χ3n) is 6.50. The molecule has 0 saturated heterocycles. The predicted molar refractivity (Wildman–Crippen MR) is 147 cm³/mol. The van der Waals surface area contributed by atoms with E-state index in [4.69, 9.17) is 4.74 Å². The average molecular weight is 610 g/mol. The van der Waals surface area contributed by atoms with Gasteiger partial charge in [0.1, 0.15) is 0 Å². The summed E-state index contributed by atoms with van der Waals surface area (Å²) in [6.07, 6.45) is 20.3. The van der Waals surface area contributed by atoms with Gasteiger partial charge in [0.2, 0.25) is 0 Å². The van der Waals surface area contributed by atoms with Crippen LogP contribution >= 0.6 is 0 Å². The van der Waals surface area contributed by atoms with Gasteiger partial charge in [0.15, 0.2) is 0 Å². The molecule has 0 saturated carbocycles. The Morgan fingerprint density at radius 1 is 0.775 bits per heavy atom. The van der Waals surface area contributed by atoms with Crippen LogP contribution in [0.4, 0.5) is 0 Å². The third kappa shape index (κ3) is 21.2. The van der Waals surface area contributed by atoms with Crippen molar-refractivity contribution in [3.63, 3.8) is 0 Å². The van der Waals surface area contributed by atoms with E-state index in [1.807, 2.05) is 0 Å². The van der Waals surface area contributed by atoms with Crippen LogP contribution in [-0.2, 0) is 31.4 Å². The van der Waals surface area contributed by atoms with Gasteiger partial charge in [0.05, 0.1) is 24.5 Å². The first-order valence-electron chi connectivity index (χ1n) is 14.3. The molecule has 0 bridgehead atoms. The average Bonchev–Trinajstić information content (AvgIpc) is 2.92. The Morgan fingerprint density at radius 2 is 1.18 bits per heavy atom. The van der Waals surface area contributed by atoms with Gasteiger partial charge in [-0.15, -0.1) is 0 Å². The number of benzene rings is 1. The van der Waals surface area contributed by atoms with E-state index >= 15 is 0 Å². The van der Waals surface area contributed by atoms with E-state index in [0.29, 0.717) is 12.8 Å². The summed E-state index contributed by atoms with van der Waals surface area (Å²) in [6, 6.07) is 5.14. The smallest absolute Gasteiger partial charge is 0.545 e. The number of rotatable bonds is 22. The second-order valence-corrected chi connectivity index (χ2v) is 9.70. The topological polar surface area (TPSA) is 144 Å². The Labute approximate surface area is 250 Å². The van der Waals surface area contributed by atoms with Crippen LogP contribution in [0.15, 0.2) is 36.9 Å². The van der Waals surface area contributed by atoms with Gasteiger partial charge in [-0.2, -0.15) is 0 Å². The van der Waals surface area contributed by atoms with Crippen LogP contribution in [0.5, 0.6) is 0 Å². The van der Waals surface area contributed by atoms with Gasteiger partial charge in [0, 0.05) is 17.2 Å². The standard InChI is InChI=1S/C23H42O4.C8H6O4.Cu/c1-3-5-6-7-8-9-10-11-12-13-14-15-16-17-18-21(23(25)26)19-20-27-22(24)4-2;9-7(10)5-3-1-2-4-6(5)8(11)12;/h4,21H,2-3,5-20H2,1H3,(H,25,26);1-4H,(H,9,10)(H,11,12);/q;;+2/p-2. The fourth-order valence-corrected chi connectivity index (χ4v) is 4.18. The Balaban J connectivity index is 0. The minimum Gasteiger partial charge on any atom is -0.545 e. The number of carbonyl (C=O) groups is 4. The van der Waals surface area contributed by atoms with E-state index in [-0.39, 0.29) is 34.8 Å². The zero-order chi connectivity index (χ0) is 29.3. The number of unbranched alkanes of at least 4 members (excludes halogenated alkanes) is 13. The molecule has 9 heteroatoms. The van der Waals surface area contributed by atoms with E-state index in [1.54, 1.807) is 0 Å². The number of aliphatic carboxylic acids is 1. The molecule has 1 aromatic carbocycles. The normalized spacial score (nSPS) is 10.8. The summed E-state index contributed by atoms with van der Waals surface area (Å²) < 4.78 is 4.88. The van der Waals surface area contributed by atoms with Crippen LogP contribution in [0.25, 0.3) is 0 Å². The van der Waals surface area contributed by atoms with Crippen LogP contribution in [0.2, 0.25) is 0 Å². The Kier molecular flexibility index (Phi) is 26.2. The van der Waals surface area contributed by atoms with Crippen LogP contribution in [0.3, 0.4) is 0 Å². The summed E-state index contributed by atoms with van der Waals surface area (Å²) in [4.78, 5) is 42.9. The molecule has 0 aliphatic rings. The molecule has 0 aromatic heterocycles. The Morgan fingerprint density at radius 3 is 1.52 bits per heavy atom. The van der Waals surface area contributed by atoms with Gasteiger partial charge in [-0.05, 0) is 12.8 Å². The van der Waals surface area contributed by atoms with Crippen molar-refractivity contribution in [2.24, 2.45) is 5.92 Å². The molecule has 1 unspecified atom stereocenters. The van der Waals surface area contributed by atoms with E-state index in [9.17, 15) is 34.5 Å². The molecule has 1 aromatic rings. The van der Waals surface area contributed by atoms with Crippen molar-refractivity contribution >= 4 is 23.9 Å². The summed E-state index contributed by atoms with van der Waals surface area (Å²) in [5.74, 6) is -4.74. The number of hydrogen-bond acceptors (Lipinski definition) is 7. The maximum Gasteiger partial charge on any atom is 2.00 e. The largest absolute Gasteiger partial charge is 2.00 e. The first-order chi connectivity index (χ1) is 18.7. The number of hydrogen-bond donors (Lipinski definition) is 1. The second kappa shape index (κ2) is 26.6. The second-order valence-electron chi connectivity index (χ2n) is 9.70. The van der Waals surface area contributed by atoms with Gasteiger partial charge in [-0.1, -0.05) is 128 Å². The zero-order valence-electron chi connectivity index (χ0n) is 23.8. The number of carboxylic acids is 3. The molecule has 8 nitrogen and oxygen atoms in total. The van der Waals surface area contributed by atoms with Crippen molar-refractivity contribution < 1.29 is 56.3 Å². The van der Waals surface area contributed by atoms with Crippen molar-refractivity contribution in [1.29, 1.82) is 0 Å². The number of ether oxygens (including phenoxy) is 1. The molecule has 0 heterocycles. The van der Waals surface area contributed by atoms with Crippen LogP contribution in [0.1, 0.15) is 130 Å². The molecule has 229 valence electrons.